The first-order chi connectivity index (χ1) is 8.02. The van der Waals surface area contributed by atoms with Crippen LogP contribution in [0.2, 0.25) is 0 Å². The standard InChI is InChI=1S/C12H24N2O3/c1-5-16-10(17-6-2)9-14-8-7-13-11(15)12(14,3)4/h10H,5-9H2,1-4H3,(H,13,15). The fraction of sp³-hybridized carbons (Fsp3) is 0.917. The molecule has 5 nitrogen and oxygen atoms in total. The number of rotatable bonds is 6. The second-order valence-electron chi connectivity index (χ2n) is 4.60. The minimum atomic E-state index is -0.495. The van der Waals surface area contributed by atoms with E-state index < -0.39 is 5.54 Å². The Kier molecular flexibility index (Phi) is 5.36. The molecule has 1 fully saturated rings. The van der Waals surface area contributed by atoms with Gasteiger partial charge >= 0.3 is 0 Å². The van der Waals surface area contributed by atoms with Gasteiger partial charge in [-0.2, -0.15) is 0 Å². The lowest BCUT2D eigenvalue weighted by Crippen LogP contribution is -2.63. The summed E-state index contributed by atoms with van der Waals surface area (Å²) in [6.45, 7) is 11.1. The van der Waals surface area contributed by atoms with E-state index >= 15 is 0 Å². The molecule has 5 heteroatoms. The van der Waals surface area contributed by atoms with Crippen LogP contribution in [0.25, 0.3) is 0 Å². The molecule has 1 rings (SSSR count). The maximum absolute atomic E-state index is 11.8. The molecule has 0 unspecified atom stereocenters. The Hall–Kier alpha value is -0.650. The largest absolute Gasteiger partial charge is 0.353 e. The van der Waals surface area contributed by atoms with E-state index in [1.165, 1.54) is 0 Å². The number of carbonyl (C=O) groups is 1. The molecule has 1 N–H and O–H groups in total. The fourth-order valence-electron chi connectivity index (χ4n) is 1.97. The zero-order chi connectivity index (χ0) is 12.9. The van der Waals surface area contributed by atoms with E-state index in [4.69, 9.17) is 9.47 Å². The topological polar surface area (TPSA) is 50.8 Å². The van der Waals surface area contributed by atoms with Crippen molar-refractivity contribution in [2.75, 3.05) is 32.8 Å². The van der Waals surface area contributed by atoms with E-state index in [9.17, 15) is 4.79 Å². The van der Waals surface area contributed by atoms with Crippen molar-refractivity contribution in [1.82, 2.24) is 10.2 Å². The minimum Gasteiger partial charge on any atom is -0.353 e. The maximum Gasteiger partial charge on any atom is 0.240 e. The van der Waals surface area contributed by atoms with E-state index in [1.54, 1.807) is 0 Å². The molecule has 0 aliphatic carbocycles. The predicted molar refractivity (Wildman–Crippen MR) is 65.7 cm³/mol. The summed E-state index contributed by atoms with van der Waals surface area (Å²) in [7, 11) is 0. The third-order valence-electron chi connectivity index (χ3n) is 3.09. The molecule has 1 amide bonds. The molecule has 0 aromatic carbocycles. The number of carbonyl (C=O) groups excluding carboxylic acids is 1. The van der Waals surface area contributed by atoms with Crippen LogP contribution in [0.1, 0.15) is 27.7 Å². The Morgan fingerprint density at radius 1 is 1.35 bits per heavy atom. The summed E-state index contributed by atoms with van der Waals surface area (Å²) in [5, 5.41) is 2.88. The summed E-state index contributed by atoms with van der Waals surface area (Å²) in [5.74, 6) is 0.0653. The SMILES string of the molecule is CCOC(CN1CCNC(=O)C1(C)C)OCC. The molecule has 1 aliphatic rings. The molecule has 1 saturated heterocycles. The quantitative estimate of drug-likeness (QED) is 0.695. The average molecular weight is 244 g/mol. The van der Waals surface area contributed by atoms with E-state index in [2.05, 4.69) is 10.2 Å². The highest BCUT2D eigenvalue weighted by Crippen LogP contribution is 2.18. The van der Waals surface area contributed by atoms with Gasteiger partial charge < -0.3 is 14.8 Å². The van der Waals surface area contributed by atoms with Gasteiger partial charge in [0.1, 0.15) is 0 Å². The summed E-state index contributed by atoms with van der Waals surface area (Å²) in [6, 6.07) is 0. The van der Waals surface area contributed by atoms with E-state index in [0.717, 1.165) is 6.54 Å². The first-order valence-corrected chi connectivity index (χ1v) is 6.28. The minimum absolute atomic E-state index is 0.0653. The van der Waals surface area contributed by atoms with Gasteiger partial charge in [-0.25, -0.2) is 0 Å². The van der Waals surface area contributed by atoms with Crippen molar-refractivity contribution < 1.29 is 14.3 Å². The molecule has 100 valence electrons. The van der Waals surface area contributed by atoms with Crippen LogP contribution >= 0.6 is 0 Å². The molecule has 17 heavy (non-hydrogen) atoms. The van der Waals surface area contributed by atoms with E-state index in [-0.39, 0.29) is 12.2 Å². The van der Waals surface area contributed by atoms with Gasteiger partial charge in [0.05, 0.1) is 12.1 Å². The Labute approximate surface area is 103 Å². The summed E-state index contributed by atoms with van der Waals surface area (Å²) < 4.78 is 11.0. The molecule has 0 aromatic rings. The second kappa shape index (κ2) is 6.33. The lowest BCUT2D eigenvalue weighted by atomic mass is 9.99. The van der Waals surface area contributed by atoms with Gasteiger partial charge in [0.15, 0.2) is 6.29 Å². The first-order valence-electron chi connectivity index (χ1n) is 6.28. The predicted octanol–water partition coefficient (Wildman–Crippen LogP) is 0.596. The highest BCUT2D eigenvalue weighted by atomic mass is 16.7. The van der Waals surface area contributed by atoms with Crippen LogP contribution in [0, 0.1) is 0 Å². The highest BCUT2D eigenvalue weighted by molar-refractivity contribution is 5.86. The van der Waals surface area contributed by atoms with E-state index in [1.807, 2.05) is 27.7 Å². The molecule has 0 spiro atoms. The fourth-order valence-corrected chi connectivity index (χ4v) is 1.97. The Morgan fingerprint density at radius 3 is 2.47 bits per heavy atom. The monoisotopic (exact) mass is 244 g/mol. The molecule has 1 aliphatic heterocycles. The third-order valence-corrected chi connectivity index (χ3v) is 3.09. The lowest BCUT2D eigenvalue weighted by molar-refractivity contribution is -0.163. The smallest absolute Gasteiger partial charge is 0.240 e. The first kappa shape index (κ1) is 14.4. The third kappa shape index (κ3) is 3.66. The van der Waals surface area contributed by atoms with Crippen molar-refractivity contribution in [2.45, 2.75) is 39.5 Å². The van der Waals surface area contributed by atoms with Crippen molar-refractivity contribution in [3.05, 3.63) is 0 Å². The number of piperazine rings is 1. The summed E-state index contributed by atoms with van der Waals surface area (Å²) in [4.78, 5) is 13.9. The van der Waals surface area contributed by atoms with Gasteiger partial charge in [0.25, 0.3) is 0 Å². The Morgan fingerprint density at radius 2 is 1.94 bits per heavy atom. The molecule has 0 aromatic heterocycles. The molecular formula is C12H24N2O3. The lowest BCUT2D eigenvalue weighted by Gasteiger charge is -2.42. The normalized spacial score (nSPS) is 20.6. The summed E-state index contributed by atoms with van der Waals surface area (Å²) >= 11 is 0. The number of nitrogens with zero attached hydrogens (tertiary/aromatic N) is 1. The van der Waals surface area contributed by atoms with Crippen molar-refractivity contribution in [1.29, 1.82) is 0 Å². The van der Waals surface area contributed by atoms with Gasteiger partial charge in [-0.3, -0.25) is 9.69 Å². The van der Waals surface area contributed by atoms with Crippen molar-refractivity contribution in [3.8, 4) is 0 Å². The highest BCUT2D eigenvalue weighted by Gasteiger charge is 2.38. The van der Waals surface area contributed by atoms with E-state index in [0.29, 0.717) is 26.3 Å². The van der Waals surface area contributed by atoms with Crippen molar-refractivity contribution in [2.24, 2.45) is 0 Å². The number of amides is 1. The molecule has 1 heterocycles. The molecule has 0 atom stereocenters. The van der Waals surface area contributed by atoms with Gasteiger partial charge in [-0.05, 0) is 27.7 Å². The van der Waals surface area contributed by atoms with Crippen LogP contribution in [0.15, 0.2) is 0 Å². The summed E-state index contributed by atoms with van der Waals surface area (Å²) in [5.41, 5.74) is -0.495. The van der Waals surface area contributed by atoms with Crippen LogP contribution in [-0.4, -0.2) is 55.5 Å². The summed E-state index contributed by atoms with van der Waals surface area (Å²) in [6.07, 6.45) is -0.254. The number of hydrogen-bond acceptors (Lipinski definition) is 4. The van der Waals surface area contributed by atoms with Gasteiger partial charge in [-0.1, -0.05) is 0 Å². The number of ether oxygens (including phenoxy) is 2. The second-order valence-corrected chi connectivity index (χ2v) is 4.60. The zero-order valence-corrected chi connectivity index (χ0v) is 11.3. The van der Waals surface area contributed by atoms with Gasteiger partial charge in [0, 0.05) is 26.3 Å². The van der Waals surface area contributed by atoms with Crippen molar-refractivity contribution in [3.63, 3.8) is 0 Å². The zero-order valence-electron chi connectivity index (χ0n) is 11.3. The van der Waals surface area contributed by atoms with Crippen LogP contribution in [0.5, 0.6) is 0 Å². The Balaban J connectivity index is 2.60. The van der Waals surface area contributed by atoms with Gasteiger partial charge in [0.2, 0.25) is 5.91 Å². The Bertz CT molecular complexity index is 250. The van der Waals surface area contributed by atoms with Gasteiger partial charge in [-0.15, -0.1) is 0 Å². The number of hydrogen-bond donors (Lipinski definition) is 1. The molecule has 0 bridgehead atoms. The van der Waals surface area contributed by atoms with Crippen molar-refractivity contribution >= 4 is 5.91 Å². The van der Waals surface area contributed by atoms with Crippen LogP contribution in [0.4, 0.5) is 0 Å². The average Bonchev–Trinajstić information content (AvgIpc) is 2.26. The molecular weight excluding hydrogens is 220 g/mol. The number of nitrogens with one attached hydrogen (secondary N) is 1. The van der Waals surface area contributed by atoms with Crippen LogP contribution < -0.4 is 5.32 Å². The molecule has 0 saturated carbocycles. The molecule has 0 radical (unpaired) electrons. The van der Waals surface area contributed by atoms with Crippen LogP contribution in [-0.2, 0) is 14.3 Å². The maximum atomic E-state index is 11.8. The van der Waals surface area contributed by atoms with Crippen LogP contribution in [0.3, 0.4) is 0 Å².